The molecule has 1 aromatic rings. The lowest BCUT2D eigenvalue weighted by molar-refractivity contribution is -0.206. The van der Waals surface area contributed by atoms with Crippen molar-refractivity contribution in [2.24, 2.45) is 0 Å². The van der Waals surface area contributed by atoms with Crippen LogP contribution in [0.4, 0.5) is 13.2 Å². The molecule has 20 heavy (non-hydrogen) atoms. The van der Waals surface area contributed by atoms with Crippen LogP contribution >= 0.6 is 0 Å². The Morgan fingerprint density at radius 3 is 2.65 bits per heavy atom. The molecule has 0 spiro atoms. The normalized spacial score (nSPS) is 18.0. The van der Waals surface area contributed by atoms with Crippen LogP contribution in [0.15, 0.2) is 18.3 Å². The number of rotatable bonds is 3. The molecule has 0 aliphatic heterocycles. The highest BCUT2D eigenvalue weighted by molar-refractivity contribution is 5.87. The molecule has 1 aromatic heterocycles. The van der Waals surface area contributed by atoms with Crippen molar-refractivity contribution in [2.75, 3.05) is 0 Å². The molecule has 0 amide bonds. The minimum absolute atomic E-state index is 0.194. The van der Waals surface area contributed by atoms with Crippen LogP contribution < -0.4 is 0 Å². The third-order valence-corrected chi connectivity index (χ3v) is 3.19. The summed E-state index contributed by atoms with van der Waals surface area (Å²) in [6.45, 7) is 0. The van der Waals surface area contributed by atoms with E-state index in [0.717, 1.165) is 44.0 Å². The molecule has 1 aliphatic rings. The van der Waals surface area contributed by atoms with Crippen LogP contribution in [0.25, 0.3) is 0 Å². The van der Waals surface area contributed by atoms with Gasteiger partial charge in [-0.05, 0) is 43.4 Å². The number of aliphatic hydroxyl groups excluding tert-OH is 1. The number of aromatic nitrogens is 1. The lowest BCUT2D eigenvalue weighted by Gasteiger charge is -2.15. The predicted octanol–water partition coefficient (Wildman–Crippen LogP) is 2.78. The van der Waals surface area contributed by atoms with Gasteiger partial charge in [0, 0.05) is 6.20 Å². The van der Waals surface area contributed by atoms with Gasteiger partial charge in [0.15, 0.2) is 6.10 Å². The number of alkyl halides is 3. The Kier molecular flexibility index (Phi) is 4.27. The molecule has 1 saturated carbocycles. The molecule has 0 saturated heterocycles. The van der Waals surface area contributed by atoms with E-state index in [2.05, 4.69) is 4.98 Å². The number of pyridine rings is 1. The van der Waals surface area contributed by atoms with Gasteiger partial charge < -0.3 is 9.84 Å². The summed E-state index contributed by atoms with van der Waals surface area (Å²) in [4.78, 5) is 15.5. The largest absolute Gasteiger partial charge is 0.458 e. The first-order valence-electron chi connectivity index (χ1n) is 6.29. The van der Waals surface area contributed by atoms with Crippen molar-refractivity contribution in [1.82, 2.24) is 4.98 Å². The molecule has 1 fully saturated rings. The molecule has 7 heteroatoms. The number of carbonyl (C=O) groups is 1. The monoisotopic (exact) mass is 289 g/mol. The topological polar surface area (TPSA) is 59.4 Å². The fourth-order valence-corrected chi connectivity index (χ4v) is 2.14. The standard InChI is InChI=1S/C13H14F3NO3/c14-13(15,16)11(18)8-5-6-17-10(7-8)12(19)20-9-3-1-2-4-9/h5-7,9,11,18H,1-4H2. The van der Waals surface area contributed by atoms with E-state index in [1.807, 2.05) is 0 Å². The molecule has 0 radical (unpaired) electrons. The number of nitrogens with zero attached hydrogens (tertiary/aromatic N) is 1. The van der Waals surface area contributed by atoms with Gasteiger partial charge in [0.1, 0.15) is 11.8 Å². The zero-order valence-electron chi connectivity index (χ0n) is 10.6. The molecule has 1 aliphatic carbocycles. The molecule has 110 valence electrons. The fourth-order valence-electron chi connectivity index (χ4n) is 2.14. The van der Waals surface area contributed by atoms with Crippen LogP contribution in [0.3, 0.4) is 0 Å². The molecule has 1 heterocycles. The summed E-state index contributed by atoms with van der Waals surface area (Å²) < 4.78 is 42.4. The molecule has 0 aromatic carbocycles. The average molecular weight is 289 g/mol. The van der Waals surface area contributed by atoms with E-state index in [9.17, 15) is 18.0 Å². The van der Waals surface area contributed by atoms with Crippen LogP contribution in [-0.2, 0) is 4.74 Å². The first kappa shape index (κ1) is 14.8. The minimum atomic E-state index is -4.78. The summed E-state index contributed by atoms with van der Waals surface area (Å²) in [6, 6.07) is 1.93. The number of esters is 1. The maximum Gasteiger partial charge on any atom is 0.418 e. The Bertz CT molecular complexity index is 484. The Labute approximate surface area is 113 Å². The highest BCUT2D eigenvalue weighted by Crippen LogP contribution is 2.32. The maximum atomic E-state index is 12.4. The van der Waals surface area contributed by atoms with Crippen molar-refractivity contribution < 1.29 is 27.8 Å². The Morgan fingerprint density at radius 1 is 1.40 bits per heavy atom. The summed E-state index contributed by atoms with van der Waals surface area (Å²) in [5, 5.41) is 9.14. The van der Waals surface area contributed by atoms with E-state index in [-0.39, 0.29) is 11.8 Å². The van der Waals surface area contributed by atoms with E-state index >= 15 is 0 Å². The Hall–Kier alpha value is -1.63. The Balaban J connectivity index is 2.10. The average Bonchev–Trinajstić information content (AvgIpc) is 2.89. The molecule has 1 unspecified atom stereocenters. The first-order chi connectivity index (χ1) is 9.38. The number of ether oxygens (including phenoxy) is 1. The summed E-state index contributed by atoms with van der Waals surface area (Å²) in [5.74, 6) is -0.756. The Morgan fingerprint density at radius 2 is 2.05 bits per heavy atom. The van der Waals surface area contributed by atoms with Gasteiger partial charge in [-0.2, -0.15) is 13.2 Å². The third kappa shape index (κ3) is 3.47. The van der Waals surface area contributed by atoms with E-state index in [1.165, 1.54) is 0 Å². The van der Waals surface area contributed by atoms with Crippen LogP contribution in [0.2, 0.25) is 0 Å². The van der Waals surface area contributed by atoms with Crippen molar-refractivity contribution in [3.05, 3.63) is 29.6 Å². The van der Waals surface area contributed by atoms with Crippen LogP contribution in [-0.4, -0.2) is 28.3 Å². The van der Waals surface area contributed by atoms with Gasteiger partial charge in [-0.1, -0.05) is 0 Å². The highest BCUT2D eigenvalue weighted by Gasteiger charge is 2.39. The van der Waals surface area contributed by atoms with Gasteiger partial charge in [-0.25, -0.2) is 9.78 Å². The zero-order chi connectivity index (χ0) is 14.8. The van der Waals surface area contributed by atoms with Gasteiger partial charge in [-0.15, -0.1) is 0 Å². The van der Waals surface area contributed by atoms with E-state index in [1.54, 1.807) is 0 Å². The van der Waals surface area contributed by atoms with Crippen molar-refractivity contribution >= 4 is 5.97 Å². The van der Waals surface area contributed by atoms with E-state index < -0.39 is 23.8 Å². The lowest BCUT2D eigenvalue weighted by Crippen LogP contribution is -2.21. The van der Waals surface area contributed by atoms with Crippen molar-refractivity contribution in [3.63, 3.8) is 0 Å². The summed E-state index contributed by atoms with van der Waals surface area (Å²) in [6.07, 6.45) is -3.10. The van der Waals surface area contributed by atoms with Gasteiger partial charge in [0.05, 0.1) is 0 Å². The molecule has 0 bridgehead atoms. The molecule has 4 nitrogen and oxygen atoms in total. The van der Waals surface area contributed by atoms with Gasteiger partial charge >= 0.3 is 12.1 Å². The fraction of sp³-hybridized carbons (Fsp3) is 0.538. The number of hydrogen-bond acceptors (Lipinski definition) is 4. The summed E-state index contributed by atoms with van der Waals surface area (Å²) >= 11 is 0. The third-order valence-electron chi connectivity index (χ3n) is 3.19. The minimum Gasteiger partial charge on any atom is -0.458 e. The van der Waals surface area contributed by atoms with Crippen LogP contribution in [0, 0.1) is 0 Å². The van der Waals surface area contributed by atoms with E-state index in [4.69, 9.17) is 9.84 Å². The molecule has 1 N–H and O–H groups in total. The van der Waals surface area contributed by atoms with Crippen molar-refractivity contribution in [3.8, 4) is 0 Å². The highest BCUT2D eigenvalue weighted by atomic mass is 19.4. The second kappa shape index (κ2) is 5.78. The smallest absolute Gasteiger partial charge is 0.418 e. The summed E-state index contributed by atoms with van der Waals surface area (Å²) in [7, 11) is 0. The summed E-state index contributed by atoms with van der Waals surface area (Å²) in [5.41, 5.74) is -0.649. The van der Waals surface area contributed by atoms with Crippen molar-refractivity contribution in [1.29, 1.82) is 0 Å². The molecule has 2 rings (SSSR count). The maximum absolute atomic E-state index is 12.4. The number of halogens is 3. The molecular weight excluding hydrogens is 275 g/mol. The first-order valence-corrected chi connectivity index (χ1v) is 6.29. The van der Waals surface area contributed by atoms with E-state index in [0.29, 0.717) is 0 Å². The molecule has 1 atom stereocenters. The SMILES string of the molecule is O=C(OC1CCCC1)c1cc(C(O)C(F)(F)F)ccn1. The second-order valence-corrected chi connectivity index (χ2v) is 4.73. The zero-order valence-corrected chi connectivity index (χ0v) is 10.6. The van der Waals surface area contributed by atoms with Gasteiger partial charge in [-0.3, -0.25) is 0 Å². The number of aliphatic hydroxyl groups is 1. The lowest BCUT2D eigenvalue weighted by atomic mass is 10.1. The predicted molar refractivity (Wildman–Crippen MR) is 62.9 cm³/mol. The second-order valence-electron chi connectivity index (χ2n) is 4.73. The molecular formula is C13H14F3NO3. The van der Waals surface area contributed by atoms with Crippen LogP contribution in [0.1, 0.15) is 47.8 Å². The van der Waals surface area contributed by atoms with Crippen LogP contribution in [0.5, 0.6) is 0 Å². The quantitative estimate of drug-likeness (QED) is 0.869. The number of carbonyl (C=O) groups excluding carboxylic acids is 1. The number of hydrogen-bond donors (Lipinski definition) is 1. The van der Waals surface area contributed by atoms with Crippen molar-refractivity contribution in [2.45, 2.75) is 44.1 Å². The van der Waals surface area contributed by atoms with Gasteiger partial charge in [0.25, 0.3) is 0 Å². The van der Waals surface area contributed by atoms with Gasteiger partial charge in [0.2, 0.25) is 0 Å².